The summed E-state index contributed by atoms with van der Waals surface area (Å²) in [4.78, 5) is 0. The molecule has 0 unspecified atom stereocenters. The molecule has 30 heavy (non-hydrogen) atoms. The van der Waals surface area contributed by atoms with Crippen LogP contribution in [0.2, 0.25) is 0 Å². The van der Waals surface area contributed by atoms with Gasteiger partial charge in [0.1, 0.15) is 0 Å². The number of allylic oxidation sites excluding steroid dienone is 2. The topological polar surface area (TPSA) is 29.5 Å². The number of aliphatic hydroxyl groups excluding tert-OH is 1. The van der Waals surface area contributed by atoms with E-state index in [4.69, 9.17) is 4.74 Å². The maximum Gasteiger partial charge on any atom is 0.0707 e. The van der Waals surface area contributed by atoms with Gasteiger partial charge in [-0.1, -0.05) is 57.9 Å². The Morgan fingerprint density at radius 2 is 1.70 bits per heavy atom. The van der Waals surface area contributed by atoms with Crippen molar-refractivity contribution in [1.82, 2.24) is 0 Å². The summed E-state index contributed by atoms with van der Waals surface area (Å²) in [5, 5.41) is 10.2. The Hall–Kier alpha value is -0.600. The number of fused-ring (bicyclic) bond motifs is 5. The van der Waals surface area contributed by atoms with Crippen molar-refractivity contribution in [1.29, 1.82) is 0 Å². The van der Waals surface area contributed by atoms with Crippen LogP contribution in [0.4, 0.5) is 0 Å². The Morgan fingerprint density at radius 3 is 2.40 bits per heavy atom. The van der Waals surface area contributed by atoms with E-state index in [9.17, 15) is 5.11 Å². The van der Waals surface area contributed by atoms with Gasteiger partial charge in [-0.25, -0.2) is 0 Å². The summed E-state index contributed by atoms with van der Waals surface area (Å²) in [6, 6.07) is 0. The second kappa shape index (κ2) is 7.20. The number of hydrogen-bond acceptors (Lipinski definition) is 2. The minimum atomic E-state index is -0.101. The van der Waals surface area contributed by atoms with E-state index in [1.165, 1.54) is 44.9 Å². The molecule has 0 saturated heterocycles. The third kappa shape index (κ3) is 3.11. The van der Waals surface area contributed by atoms with Crippen LogP contribution in [0.25, 0.3) is 0 Å². The molecule has 0 aromatic rings. The minimum absolute atomic E-state index is 0.101. The molecular weight excluding hydrogens is 368 g/mol. The highest BCUT2D eigenvalue weighted by Crippen LogP contribution is 2.65. The molecule has 2 nitrogen and oxygen atoms in total. The molecular formula is C28H44O2. The first-order chi connectivity index (χ1) is 14.2. The van der Waals surface area contributed by atoms with Crippen LogP contribution < -0.4 is 0 Å². The first kappa shape index (κ1) is 21.3. The molecule has 0 aliphatic heterocycles. The Kier molecular flexibility index (Phi) is 5.10. The van der Waals surface area contributed by atoms with Crippen molar-refractivity contribution < 1.29 is 9.84 Å². The van der Waals surface area contributed by atoms with Crippen molar-refractivity contribution in [2.24, 2.45) is 40.4 Å². The third-order valence-corrected chi connectivity index (χ3v) is 10.7. The van der Waals surface area contributed by atoms with E-state index >= 15 is 0 Å². The Labute approximate surface area is 184 Å². The van der Waals surface area contributed by atoms with Crippen LogP contribution in [0.3, 0.4) is 0 Å². The largest absolute Gasteiger partial charge is 0.393 e. The SMILES string of the molecule is CC(C)C1(OC[C@@H](C)C2=CC[C@H]3[C@@H]4CC=C5C[C@@H](O)CC[C@]5(C)[C@H]4CC[C@]23C)CC1. The van der Waals surface area contributed by atoms with Gasteiger partial charge in [-0.2, -0.15) is 0 Å². The fourth-order valence-corrected chi connectivity index (χ4v) is 8.40. The lowest BCUT2D eigenvalue weighted by Gasteiger charge is -2.58. The van der Waals surface area contributed by atoms with Gasteiger partial charge in [-0.15, -0.1) is 0 Å². The quantitative estimate of drug-likeness (QED) is 0.510. The molecule has 5 aliphatic carbocycles. The maximum absolute atomic E-state index is 10.2. The molecule has 3 saturated carbocycles. The minimum Gasteiger partial charge on any atom is -0.393 e. The zero-order valence-corrected chi connectivity index (χ0v) is 20.0. The van der Waals surface area contributed by atoms with Gasteiger partial charge >= 0.3 is 0 Å². The molecule has 168 valence electrons. The van der Waals surface area contributed by atoms with Crippen LogP contribution >= 0.6 is 0 Å². The molecule has 0 radical (unpaired) electrons. The summed E-state index contributed by atoms with van der Waals surface area (Å²) in [6.07, 6.45) is 15.9. The first-order valence-electron chi connectivity index (χ1n) is 12.9. The Morgan fingerprint density at radius 1 is 0.967 bits per heavy atom. The van der Waals surface area contributed by atoms with E-state index in [2.05, 4.69) is 46.8 Å². The predicted octanol–water partition coefficient (Wildman–Crippen LogP) is 6.69. The van der Waals surface area contributed by atoms with Gasteiger partial charge in [0.2, 0.25) is 0 Å². The molecule has 5 rings (SSSR count). The van der Waals surface area contributed by atoms with E-state index in [1.807, 2.05) is 0 Å². The van der Waals surface area contributed by atoms with Crippen LogP contribution in [0, 0.1) is 40.4 Å². The molecule has 0 aromatic carbocycles. The molecule has 5 aliphatic rings. The van der Waals surface area contributed by atoms with Crippen molar-refractivity contribution >= 4 is 0 Å². The number of hydrogen-bond donors (Lipinski definition) is 1. The van der Waals surface area contributed by atoms with Crippen molar-refractivity contribution in [2.75, 3.05) is 6.61 Å². The number of aliphatic hydroxyl groups is 1. The standard InChI is InChI=1S/C28H44O2/c1-18(2)28(14-15-28)30-17-19(3)23-8-9-24-22-7-6-20-16-21(29)10-12-26(20,4)25(22)11-13-27(23,24)5/h6,8,18-19,21-22,24-25,29H,7,9-17H2,1-5H3/t19-,21+,22+,24+,25+,26+,27-/m1/s1. The zero-order chi connectivity index (χ0) is 21.3. The monoisotopic (exact) mass is 412 g/mol. The highest BCUT2D eigenvalue weighted by molar-refractivity contribution is 5.31. The van der Waals surface area contributed by atoms with Gasteiger partial charge in [0.05, 0.1) is 18.3 Å². The van der Waals surface area contributed by atoms with Gasteiger partial charge in [0.25, 0.3) is 0 Å². The van der Waals surface area contributed by atoms with Gasteiger partial charge < -0.3 is 9.84 Å². The fourth-order valence-electron chi connectivity index (χ4n) is 8.40. The number of ether oxygens (including phenoxy) is 1. The molecule has 7 atom stereocenters. The van der Waals surface area contributed by atoms with Crippen molar-refractivity contribution in [3.05, 3.63) is 23.3 Å². The fraction of sp³-hybridized carbons (Fsp3) is 0.857. The van der Waals surface area contributed by atoms with E-state index in [-0.39, 0.29) is 11.7 Å². The highest BCUT2D eigenvalue weighted by atomic mass is 16.5. The lowest BCUT2D eigenvalue weighted by Crippen LogP contribution is -2.50. The second-order valence-electron chi connectivity index (χ2n) is 12.4. The van der Waals surface area contributed by atoms with E-state index < -0.39 is 0 Å². The summed E-state index contributed by atoms with van der Waals surface area (Å²) in [5.41, 5.74) is 4.20. The van der Waals surface area contributed by atoms with Crippen molar-refractivity contribution in [3.8, 4) is 0 Å². The smallest absolute Gasteiger partial charge is 0.0707 e. The molecule has 0 heterocycles. The normalized spacial score (nSPS) is 45.2. The molecule has 0 amide bonds. The zero-order valence-electron chi connectivity index (χ0n) is 20.0. The van der Waals surface area contributed by atoms with Crippen LogP contribution in [-0.4, -0.2) is 23.4 Å². The lowest BCUT2D eigenvalue weighted by atomic mass is 9.47. The summed E-state index contributed by atoms with van der Waals surface area (Å²) in [7, 11) is 0. The molecule has 0 aromatic heterocycles. The second-order valence-corrected chi connectivity index (χ2v) is 12.4. The summed E-state index contributed by atoms with van der Waals surface area (Å²) in [6.45, 7) is 13.1. The van der Waals surface area contributed by atoms with Crippen molar-refractivity contribution in [3.63, 3.8) is 0 Å². The molecule has 0 bridgehead atoms. The average Bonchev–Trinajstić information content (AvgIpc) is 3.42. The average molecular weight is 413 g/mol. The van der Waals surface area contributed by atoms with E-state index in [0.29, 0.717) is 22.7 Å². The maximum atomic E-state index is 10.2. The lowest BCUT2D eigenvalue weighted by molar-refractivity contribution is -0.0393. The van der Waals surface area contributed by atoms with Crippen LogP contribution in [0.5, 0.6) is 0 Å². The first-order valence-corrected chi connectivity index (χ1v) is 12.9. The summed E-state index contributed by atoms with van der Waals surface area (Å²) in [5.74, 6) is 3.62. The highest BCUT2D eigenvalue weighted by Gasteiger charge is 2.57. The van der Waals surface area contributed by atoms with Crippen LogP contribution in [0.1, 0.15) is 92.4 Å². The molecule has 2 heteroatoms. The van der Waals surface area contributed by atoms with E-state index in [0.717, 1.165) is 37.2 Å². The van der Waals surface area contributed by atoms with Gasteiger partial charge in [-0.3, -0.25) is 0 Å². The summed E-state index contributed by atoms with van der Waals surface area (Å²) >= 11 is 0. The van der Waals surface area contributed by atoms with Crippen LogP contribution in [-0.2, 0) is 4.74 Å². The Balaban J connectivity index is 1.31. The van der Waals surface area contributed by atoms with E-state index in [1.54, 1.807) is 11.1 Å². The molecule has 0 spiro atoms. The van der Waals surface area contributed by atoms with Gasteiger partial charge in [-0.05, 0) is 92.3 Å². The van der Waals surface area contributed by atoms with Crippen molar-refractivity contribution in [2.45, 2.75) is 104 Å². The molecule has 3 fully saturated rings. The van der Waals surface area contributed by atoms with Gasteiger partial charge in [0.15, 0.2) is 0 Å². The van der Waals surface area contributed by atoms with Crippen LogP contribution in [0.15, 0.2) is 23.3 Å². The van der Waals surface area contributed by atoms with Gasteiger partial charge in [0, 0.05) is 5.92 Å². The Bertz CT molecular complexity index is 744. The number of rotatable bonds is 5. The molecule has 1 N–H and O–H groups in total. The third-order valence-electron chi connectivity index (χ3n) is 10.7. The summed E-state index contributed by atoms with van der Waals surface area (Å²) < 4.78 is 6.53. The predicted molar refractivity (Wildman–Crippen MR) is 123 cm³/mol.